The molecule has 0 saturated carbocycles. The second kappa shape index (κ2) is 5.65. The second-order valence-corrected chi connectivity index (χ2v) is 3.96. The number of ether oxygens (including phenoxy) is 2. The van der Waals surface area contributed by atoms with Crippen molar-refractivity contribution in [3.05, 3.63) is 30.3 Å². The van der Waals surface area contributed by atoms with Gasteiger partial charge in [-0.25, -0.2) is 4.79 Å². The average molecular weight is 236 g/mol. The van der Waals surface area contributed by atoms with E-state index in [0.717, 1.165) is 6.54 Å². The first-order chi connectivity index (χ1) is 8.24. The Balaban J connectivity index is 1.81. The minimum absolute atomic E-state index is 0.488. The summed E-state index contributed by atoms with van der Waals surface area (Å²) in [6.07, 6.45) is -0.978. The zero-order valence-corrected chi connectivity index (χ0v) is 9.76. The number of benzene rings is 1. The smallest absolute Gasteiger partial charge is 0.413 e. The predicted molar refractivity (Wildman–Crippen MR) is 63.8 cm³/mol. The zero-order chi connectivity index (χ0) is 12.1. The molecule has 0 radical (unpaired) electrons. The van der Waals surface area contributed by atoms with E-state index in [2.05, 4.69) is 10.2 Å². The van der Waals surface area contributed by atoms with Crippen LogP contribution in [-0.2, 0) is 9.47 Å². The summed E-state index contributed by atoms with van der Waals surface area (Å²) < 4.78 is 10.5. The van der Waals surface area contributed by atoms with Crippen molar-refractivity contribution in [1.82, 2.24) is 4.90 Å². The fourth-order valence-electron chi connectivity index (χ4n) is 1.60. The van der Waals surface area contributed by atoms with E-state index in [-0.39, 0.29) is 0 Å². The fraction of sp³-hybridized carbons (Fsp3) is 0.417. The Kier molecular flexibility index (Phi) is 3.95. The number of nitrogens with one attached hydrogen (secondary N) is 1. The van der Waals surface area contributed by atoms with Crippen LogP contribution < -0.4 is 5.32 Å². The van der Waals surface area contributed by atoms with Crippen LogP contribution in [0.4, 0.5) is 10.5 Å². The van der Waals surface area contributed by atoms with Crippen molar-refractivity contribution in [2.45, 2.75) is 6.29 Å². The third-order valence-electron chi connectivity index (χ3n) is 2.50. The lowest BCUT2D eigenvalue weighted by Gasteiger charge is -2.29. The first-order valence-electron chi connectivity index (χ1n) is 5.57. The van der Waals surface area contributed by atoms with Gasteiger partial charge in [0.2, 0.25) is 6.29 Å². The standard InChI is InChI=1S/C12H16N2O3/c1-14-7-8-16-11(9-14)17-12(15)13-10-5-3-2-4-6-10/h2-6,11H,7-9H2,1H3,(H,13,15). The molecule has 92 valence electrons. The minimum atomic E-state index is -0.489. The van der Waals surface area contributed by atoms with Crippen LogP contribution in [-0.4, -0.2) is 44.0 Å². The number of anilines is 1. The van der Waals surface area contributed by atoms with Crippen LogP contribution in [0.3, 0.4) is 0 Å². The molecule has 17 heavy (non-hydrogen) atoms. The molecule has 5 nitrogen and oxygen atoms in total. The highest BCUT2D eigenvalue weighted by Gasteiger charge is 2.21. The van der Waals surface area contributed by atoms with E-state index < -0.39 is 12.4 Å². The topological polar surface area (TPSA) is 50.8 Å². The number of hydrogen-bond acceptors (Lipinski definition) is 4. The summed E-state index contributed by atoms with van der Waals surface area (Å²) in [5, 5.41) is 2.64. The average Bonchev–Trinajstić information content (AvgIpc) is 2.30. The van der Waals surface area contributed by atoms with E-state index in [4.69, 9.17) is 9.47 Å². The molecule has 1 amide bonds. The van der Waals surface area contributed by atoms with E-state index in [0.29, 0.717) is 18.8 Å². The van der Waals surface area contributed by atoms with Crippen LogP contribution >= 0.6 is 0 Å². The summed E-state index contributed by atoms with van der Waals surface area (Å²) in [6, 6.07) is 9.18. The van der Waals surface area contributed by atoms with E-state index in [9.17, 15) is 4.79 Å². The molecule has 0 bridgehead atoms. The number of hydrogen-bond donors (Lipinski definition) is 1. The second-order valence-electron chi connectivity index (χ2n) is 3.96. The van der Waals surface area contributed by atoms with Crippen molar-refractivity contribution in [3.63, 3.8) is 0 Å². The number of nitrogens with zero attached hydrogens (tertiary/aromatic N) is 1. The first kappa shape index (κ1) is 11.9. The van der Waals surface area contributed by atoms with Gasteiger partial charge >= 0.3 is 6.09 Å². The van der Waals surface area contributed by atoms with Gasteiger partial charge in [0, 0.05) is 12.2 Å². The SMILES string of the molecule is CN1CCOC(OC(=O)Nc2ccccc2)C1. The lowest BCUT2D eigenvalue weighted by atomic mass is 10.3. The molecule has 0 aromatic heterocycles. The molecule has 0 aliphatic carbocycles. The number of amides is 1. The normalized spacial score (nSPS) is 20.9. The number of morpholine rings is 1. The third-order valence-corrected chi connectivity index (χ3v) is 2.50. The van der Waals surface area contributed by atoms with Crippen LogP contribution in [0, 0.1) is 0 Å². The van der Waals surface area contributed by atoms with Gasteiger partial charge in [0.25, 0.3) is 0 Å². The Morgan fingerprint density at radius 3 is 2.94 bits per heavy atom. The van der Waals surface area contributed by atoms with Crippen molar-refractivity contribution in [2.24, 2.45) is 0 Å². The van der Waals surface area contributed by atoms with Gasteiger partial charge in [-0.3, -0.25) is 10.2 Å². The van der Waals surface area contributed by atoms with Crippen LogP contribution in [0.2, 0.25) is 0 Å². The van der Waals surface area contributed by atoms with Gasteiger partial charge in [0.1, 0.15) is 0 Å². The van der Waals surface area contributed by atoms with Gasteiger partial charge in [-0.05, 0) is 19.2 Å². The van der Waals surface area contributed by atoms with Crippen LogP contribution in [0.5, 0.6) is 0 Å². The molecule has 1 aliphatic heterocycles. The Labute approximate surface area is 100 Å². The lowest BCUT2D eigenvalue weighted by Crippen LogP contribution is -2.42. The Bertz CT molecular complexity index is 369. The van der Waals surface area contributed by atoms with E-state index in [1.165, 1.54) is 0 Å². The molecular formula is C12H16N2O3. The number of para-hydroxylation sites is 1. The van der Waals surface area contributed by atoms with Crippen molar-refractivity contribution in [2.75, 3.05) is 32.1 Å². The van der Waals surface area contributed by atoms with Crippen LogP contribution in [0.25, 0.3) is 0 Å². The molecule has 5 heteroatoms. The van der Waals surface area contributed by atoms with Gasteiger partial charge in [-0.2, -0.15) is 0 Å². The lowest BCUT2D eigenvalue weighted by molar-refractivity contribution is -0.140. The maximum absolute atomic E-state index is 11.6. The summed E-state index contributed by atoms with van der Waals surface area (Å²) in [6.45, 7) is 2.04. The molecule has 1 aliphatic rings. The van der Waals surface area contributed by atoms with E-state index in [1.54, 1.807) is 12.1 Å². The number of rotatable bonds is 2. The summed E-state index contributed by atoms with van der Waals surface area (Å²) in [5.41, 5.74) is 0.710. The van der Waals surface area contributed by atoms with Gasteiger partial charge in [-0.15, -0.1) is 0 Å². The highest BCUT2D eigenvalue weighted by Crippen LogP contribution is 2.08. The molecule has 1 unspecified atom stereocenters. The number of likely N-dealkylation sites (N-methyl/N-ethyl adjacent to an activating group) is 1. The molecule has 1 atom stereocenters. The maximum Gasteiger partial charge on any atom is 0.413 e. The minimum Gasteiger partial charge on any atom is -0.418 e. The van der Waals surface area contributed by atoms with Crippen molar-refractivity contribution >= 4 is 11.8 Å². The molecule has 1 aromatic rings. The van der Waals surface area contributed by atoms with Crippen LogP contribution in [0.15, 0.2) is 30.3 Å². The van der Waals surface area contributed by atoms with Gasteiger partial charge in [0.05, 0.1) is 13.2 Å². The molecular weight excluding hydrogens is 220 g/mol. The molecule has 2 rings (SSSR count). The summed E-state index contributed by atoms with van der Waals surface area (Å²) in [5.74, 6) is 0. The zero-order valence-electron chi connectivity index (χ0n) is 9.76. The predicted octanol–water partition coefficient (Wildman–Crippen LogP) is 1.52. The third kappa shape index (κ3) is 3.72. The Morgan fingerprint density at radius 2 is 2.24 bits per heavy atom. The van der Waals surface area contributed by atoms with Gasteiger partial charge < -0.3 is 9.47 Å². The highest BCUT2D eigenvalue weighted by atomic mass is 16.7. The molecule has 0 spiro atoms. The quantitative estimate of drug-likeness (QED) is 0.846. The fourth-order valence-corrected chi connectivity index (χ4v) is 1.60. The van der Waals surface area contributed by atoms with Crippen molar-refractivity contribution in [3.8, 4) is 0 Å². The largest absolute Gasteiger partial charge is 0.418 e. The molecule has 1 N–H and O–H groups in total. The van der Waals surface area contributed by atoms with Crippen molar-refractivity contribution in [1.29, 1.82) is 0 Å². The van der Waals surface area contributed by atoms with Crippen molar-refractivity contribution < 1.29 is 14.3 Å². The highest BCUT2D eigenvalue weighted by molar-refractivity contribution is 5.84. The molecule has 1 heterocycles. The Hall–Kier alpha value is -1.59. The monoisotopic (exact) mass is 236 g/mol. The van der Waals surface area contributed by atoms with Crippen LogP contribution in [0.1, 0.15) is 0 Å². The van der Waals surface area contributed by atoms with E-state index >= 15 is 0 Å². The van der Waals surface area contributed by atoms with Gasteiger partial charge in [-0.1, -0.05) is 18.2 Å². The number of carbonyl (C=O) groups is 1. The maximum atomic E-state index is 11.6. The summed E-state index contributed by atoms with van der Waals surface area (Å²) >= 11 is 0. The van der Waals surface area contributed by atoms with E-state index in [1.807, 2.05) is 25.2 Å². The summed E-state index contributed by atoms with van der Waals surface area (Å²) in [7, 11) is 1.97. The van der Waals surface area contributed by atoms with Gasteiger partial charge in [0.15, 0.2) is 0 Å². The summed E-state index contributed by atoms with van der Waals surface area (Å²) in [4.78, 5) is 13.6. The molecule has 1 aromatic carbocycles. The Morgan fingerprint density at radius 1 is 1.47 bits per heavy atom. The molecule has 1 fully saturated rings. The number of carbonyl (C=O) groups excluding carboxylic acids is 1. The first-order valence-corrected chi connectivity index (χ1v) is 5.57. The molecule has 1 saturated heterocycles.